The predicted molar refractivity (Wildman–Crippen MR) is 162 cm³/mol. The van der Waals surface area contributed by atoms with Crippen LogP contribution in [0.3, 0.4) is 0 Å². The van der Waals surface area contributed by atoms with Gasteiger partial charge < -0.3 is 19.2 Å². The van der Waals surface area contributed by atoms with Crippen LogP contribution in [0.25, 0.3) is 22.6 Å². The lowest BCUT2D eigenvalue weighted by Crippen LogP contribution is -2.30. The molecule has 0 bridgehead atoms. The molecule has 0 saturated carbocycles. The van der Waals surface area contributed by atoms with Gasteiger partial charge >= 0.3 is 0 Å². The number of unbranched alkanes of at least 4 members (excludes halogenated alkanes) is 3. The fourth-order valence-corrected chi connectivity index (χ4v) is 4.94. The van der Waals surface area contributed by atoms with Crippen molar-refractivity contribution in [1.29, 1.82) is 0 Å². The summed E-state index contributed by atoms with van der Waals surface area (Å²) in [4.78, 5) is 24.5. The second-order valence-corrected chi connectivity index (χ2v) is 10.4. The summed E-state index contributed by atoms with van der Waals surface area (Å²) >= 11 is 0. The Bertz CT molecular complexity index is 1710. The number of nitrogens with zero attached hydrogens (tertiary/aromatic N) is 2. The zero-order valence-electron chi connectivity index (χ0n) is 23.6. The van der Waals surface area contributed by atoms with Gasteiger partial charge in [-0.15, -0.1) is 10.2 Å². The number of Topliss-reactive ketones (excluding diaryl/α,β-unsaturated/α-hetero) is 1. The molecule has 1 aliphatic rings. The Morgan fingerprint density at radius 3 is 2.07 bits per heavy atom. The van der Waals surface area contributed by atoms with E-state index in [1.807, 2.05) is 84.9 Å². The average Bonchev–Trinajstić information content (AvgIpc) is 3.53. The number of benzene rings is 4. The second kappa shape index (κ2) is 13.2. The van der Waals surface area contributed by atoms with Gasteiger partial charge in [-0.25, -0.2) is 0 Å². The number of ketones is 1. The van der Waals surface area contributed by atoms with Crippen LogP contribution in [0, 0.1) is 0 Å². The Morgan fingerprint density at radius 2 is 1.28 bits per heavy atom. The topological polar surface area (TPSA) is 104 Å². The van der Waals surface area contributed by atoms with Crippen LogP contribution in [0.4, 0.5) is 0 Å². The summed E-state index contributed by atoms with van der Waals surface area (Å²) in [5, 5.41) is 10.7. The zero-order valence-corrected chi connectivity index (χ0v) is 23.6. The van der Waals surface area contributed by atoms with Gasteiger partial charge in [-0.3, -0.25) is 9.59 Å². The molecule has 0 unspecified atom stereocenters. The van der Waals surface area contributed by atoms with Crippen LogP contribution in [-0.4, -0.2) is 21.9 Å². The minimum Gasteiger partial charge on any atom is -0.450 e. The van der Waals surface area contributed by atoms with E-state index in [2.05, 4.69) is 27.6 Å². The van der Waals surface area contributed by atoms with Crippen molar-refractivity contribution in [3.05, 3.63) is 109 Å². The first-order valence-electron chi connectivity index (χ1n) is 14.5. The molecule has 0 fully saturated rings. The van der Waals surface area contributed by atoms with Crippen molar-refractivity contribution in [2.75, 3.05) is 0 Å². The molecular weight excluding hydrogens is 542 g/mol. The van der Waals surface area contributed by atoms with E-state index in [9.17, 15) is 9.59 Å². The molecule has 2 heterocycles. The summed E-state index contributed by atoms with van der Waals surface area (Å²) in [5.74, 6) is 2.20. The van der Waals surface area contributed by atoms with E-state index in [1.165, 1.54) is 5.56 Å². The van der Waals surface area contributed by atoms with Gasteiger partial charge in [0.1, 0.15) is 0 Å². The fraction of sp³-hybridized carbons (Fsp3) is 0.200. The first kappa shape index (κ1) is 27.9. The molecule has 216 valence electrons. The smallest absolute Gasteiger partial charge is 0.287 e. The standard InChI is InChI=1S/C35H31N3O5/c39-28(13-7-2-1-4-10-24-11-5-3-6-12-24)34(40)36-23-33-37-38-35(43-33)26-18-16-25(17-19-26)27-20-21-31-32(22-27)42-30-15-9-8-14-29(30)41-31/h3,5-6,8-9,11-12,14-22H,1-2,4,7,10,13,23H2,(H,36,40). The molecule has 43 heavy (non-hydrogen) atoms. The first-order valence-corrected chi connectivity index (χ1v) is 14.5. The van der Waals surface area contributed by atoms with Crippen molar-refractivity contribution in [2.45, 2.75) is 45.1 Å². The van der Waals surface area contributed by atoms with Gasteiger partial charge in [-0.2, -0.15) is 0 Å². The highest BCUT2D eigenvalue weighted by atomic mass is 16.6. The minimum absolute atomic E-state index is 0.00689. The van der Waals surface area contributed by atoms with E-state index in [4.69, 9.17) is 13.9 Å². The van der Waals surface area contributed by atoms with Crippen LogP contribution >= 0.6 is 0 Å². The number of hydrogen-bond donors (Lipinski definition) is 1. The molecule has 8 heteroatoms. The van der Waals surface area contributed by atoms with Gasteiger partial charge in [0.25, 0.3) is 5.91 Å². The minimum atomic E-state index is -0.628. The van der Waals surface area contributed by atoms with Crippen LogP contribution in [0.1, 0.15) is 43.6 Å². The van der Waals surface area contributed by atoms with Gasteiger partial charge in [0.15, 0.2) is 23.0 Å². The Morgan fingerprint density at radius 1 is 0.628 bits per heavy atom. The molecule has 1 aromatic heterocycles. The van der Waals surface area contributed by atoms with Gasteiger partial charge in [0.2, 0.25) is 17.6 Å². The molecule has 8 nitrogen and oxygen atoms in total. The van der Waals surface area contributed by atoms with Crippen LogP contribution in [-0.2, 0) is 22.6 Å². The number of nitrogens with one attached hydrogen (secondary N) is 1. The Kier molecular flexibility index (Phi) is 8.54. The summed E-state index contributed by atoms with van der Waals surface area (Å²) in [6, 6.07) is 31.4. The van der Waals surface area contributed by atoms with Crippen molar-refractivity contribution in [2.24, 2.45) is 0 Å². The largest absolute Gasteiger partial charge is 0.450 e. The van der Waals surface area contributed by atoms with Gasteiger partial charge in [-0.05, 0) is 72.4 Å². The molecule has 1 N–H and O–H groups in total. The predicted octanol–water partition coefficient (Wildman–Crippen LogP) is 7.68. The highest BCUT2D eigenvalue weighted by Crippen LogP contribution is 2.46. The summed E-state index contributed by atoms with van der Waals surface area (Å²) < 4.78 is 17.7. The van der Waals surface area contributed by atoms with E-state index in [0.717, 1.165) is 42.4 Å². The van der Waals surface area contributed by atoms with Crippen molar-refractivity contribution in [3.63, 3.8) is 0 Å². The molecule has 0 spiro atoms. The summed E-state index contributed by atoms with van der Waals surface area (Å²) in [6.07, 6.45) is 4.97. The van der Waals surface area contributed by atoms with Crippen LogP contribution in [0.15, 0.2) is 101 Å². The number of amides is 1. The van der Waals surface area contributed by atoms with Gasteiger partial charge in [0.05, 0.1) is 6.54 Å². The number of rotatable bonds is 12. The third-order valence-electron chi connectivity index (χ3n) is 7.28. The van der Waals surface area contributed by atoms with Crippen molar-refractivity contribution < 1.29 is 23.5 Å². The quantitative estimate of drug-likeness (QED) is 0.118. The second-order valence-electron chi connectivity index (χ2n) is 10.4. The normalized spacial score (nSPS) is 11.5. The van der Waals surface area contributed by atoms with Crippen molar-refractivity contribution in [3.8, 4) is 45.6 Å². The highest BCUT2D eigenvalue weighted by molar-refractivity contribution is 6.36. The van der Waals surface area contributed by atoms with Gasteiger partial charge in [-0.1, -0.05) is 73.5 Å². The summed E-state index contributed by atoms with van der Waals surface area (Å²) in [5.41, 5.74) is 4.01. The zero-order chi connectivity index (χ0) is 29.4. The van der Waals surface area contributed by atoms with Gasteiger partial charge in [0, 0.05) is 12.0 Å². The number of carbonyl (C=O) groups excluding carboxylic acids is 2. The molecule has 4 aromatic carbocycles. The van der Waals surface area contributed by atoms with Crippen molar-refractivity contribution in [1.82, 2.24) is 15.5 Å². The number of aryl methyl sites for hydroxylation is 1. The average molecular weight is 574 g/mol. The van der Waals surface area contributed by atoms with Crippen LogP contribution < -0.4 is 14.8 Å². The maximum atomic E-state index is 12.3. The monoisotopic (exact) mass is 573 g/mol. The molecule has 0 radical (unpaired) electrons. The molecule has 0 aliphatic carbocycles. The number of aromatic nitrogens is 2. The van der Waals surface area contributed by atoms with E-state index in [0.29, 0.717) is 35.3 Å². The number of hydrogen-bond acceptors (Lipinski definition) is 7. The molecule has 1 aliphatic heterocycles. The maximum absolute atomic E-state index is 12.3. The molecule has 6 rings (SSSR count). The number of para-hydroxylation sites is 2. The Balaban J connectivity index is 0.959. The first-order chi connectivity index (χ1) is 21.1. The molecule has 1 amide bonds. The Labute approximate surface area is 249 Å². The lowest BCUT2D eigenvalue weighted by molar-refractivity contribution is -0.138. The summed E-state index contributed by atoms with van der Waals surface area (Å²) in [6.45, 7) is -0.00689. The Hall–Kier alpha value is -5.24. The van der Waals surface area contributed by atoms with E-state index in [1.54, 1.807) is 0 Å². The number of ether oxygens (including phenoxy) is 2. The molecule has 0 saturated heterocycles. The highest BCUT2D eigenvalue weighted by Gasteiger charge is 2.19. The SMILES string of the molecule is O=C(CCCCCCc1ccccc1)C(=O)NCc1nnc(-c2ccc(-c3ccc4c(c3)Oc3ccccc3O4)cc2)o1. The third kappa shape index (κ3) is 6.98. The van der Waals surface area contributed by atoms with Crippen molar-refractivity contribution >= 4 is 11.7 Å². The third-order valence-corrected chi connectivity index (χ3v) is 7.28. The lowest BCUT2D eigenvalue weighted by atomic mass is 10.0. The molecule has 5 aromatic rings. The number of fused-ring (bicyclic) bond motifs is 2. The molecule has 0 atom stereocenters. The lowest BCUT2D eigenvalue weighted by Gasteiger charge is -2.21. The number of carbonyl (C=O) groups is 2. The summed E-state index contributed by atoms with van der Waals surface area (Å²) in [7, 11) is 0. The van der Waals surface area contributed by atoms with Crippen LogP contribution in [0.5, 0.6) is 23.0 Å². The van der Waals surface area contributed by atoms with E-state index < -0.39 is 11.7 Å². The van der Waals surface area contributed by atoms with E-state index in [-0.39, 0.29) is 18.9 Å². The van der Waals surface area contributed by atoms with Crippen LogP contribution in [0.2, 0.25) is 0 Å². The maximum Gasteiger partial charge on any atom is 0.287 e. The fourth-order valence-electron chi connectivity index (χ4n) is 4.94. The molecular formula is C35H31N3O5. The van der Waals surface area contributed by atoms with E-state index >= 15 is 0 Å².